The Balaban J connectivity index is 0.00000308. The normalized spacial score (nSPS) is 15.8. The zero-order chi connectivity index (χ0) is 26.2. The van der Waals surface area contributed by atoms with E-state index in [0.29, 0.717) is 28.3 Å². The van der Waals surface area contributed by atoms with Crippen LogP contribution in [0.5, 0.6) is 0 Å². The van der Waals surface area contributed by atoms with Gasteiger partial charge >= 0.3 is 0 Å². The minimum atomic E-state index is -0.396. The Morgan fingerprint density at radius 1 is 0.872 bits per heavy atom. The quantitative estimate of drug-likeness (QED) is 0.287. The maximum Gasteiger partial charge on any atom is 0.255 e. The fourth-order valence-corrected chi connectivity index (χ4v) is 5.25. The first-order chi connectivity index (χ1) is 18.5. The molecule has 196 valence electrons. The molecule has 0 spiro atoms. The lowest BCUT2D eigenvalue weighted by molar-refractivity contribution is 0.0888. The van der Waals surface area contributed by atoms with E-state index in [0.717, 1.165) is 22.0 Å². The van der Waals surface area contributed by atoms with Crippen molar-refractivity contribution in [1.29, 1.82) is 0 Å². The minimum Gasteiger partial charge on any atom is -0.360 e. The summed E-state index contributed by atoms with van der Waals surface area (Å²) in [7, 11) is 0. The second-order valence-electron chi connectivity index (χ2n) is 9.29. The van der Waals surface area contributed by atoms with Gasteiger partial charge < -0.3 is 15.6 Å². The second kappa shape index (κ2) is 10.8. The molecule has 0 fully saturated rings. The number of nitrogens with one attached hydrogen (secondary N) is 3. The molecule has 0 aliphatic heterocycles. The Morgan fingerprint density at radius 3 is 2.38 bits per heavy atom. The molecule has 0 radical (unpaired) electrons. The molecule has 2 atom stereocenters. The van der Waals surface area contributed by atoms with Gasteiger partial charge in [0.05, 0.1) is 17.1 Å². The summed E-state index contributed by atoms with van der Waals surface area (Å²) in [5.74, 6) is -0.493. The summed E-state index contributed by atoms with van der Waals surface area (Å²) in [4.78, 5) is 41.7. The lowest BCUT2D eigenvalue weighted by atomic mass is 10.0. The van der Waals surface area contributed by atoms with Gasteiger partial charge in [0, 0.05) is 46.2 Å². The molecule has 39 heavy (non-hydrogen) atoms. The Labute approximate surface area is 236 Å². The van der Waals surface area contributed by atoms with E-state index in [2.05, 4.69) is 15.6 Å². The highest BCUT2D eigenvalue weighted by Gasteiger charge is 2.34. The third kappa shape index (κ3) is 5.08. The van der Waals surface area contributed by atoms with Crippen molar-refractivity contribution in [3.63, 3.8) is 0 Å². The number of rotatable bonds is 5. The number of halogens is 1. The molecule has 0 bridgehead atoms. The van der Waals surface area contributed by atoms with Gasteiger partial charge in [-0.25, -0.2) is 0 Å². The molecular formula is C30H25ClN4O3S. The molecule has 2 amide bonds. The lowest BCUT2D eigenvalue weighted by Crippen LogP contribution is -2.44. The van der Waals surface area contributed by atoms with Gasteiger partial charge in [-0.05, 0) is 60.0 Å². The van der Waals surface area contributed by atoms with E-state index in [9.17, 15) is 14.4 Å². The smallest absolute Gasteiger partial charge is 0.255 e. The van der Waals surface area contributed by atoms with E-state index >= 15 is 0 Å². The van der Waals surface area contributed by atoms with Gasteiger partial charge in [0.1, 0.15) is 0 Å². The predicted molar refractivity (Wildman–Crippen MR) is 157 cm³/mol. The molecule has 3 N–H and O–H groups in total. The molecule has 9 heteroatoms. The second-order valence-corrected chi connectivity index (χ2v) is 9.69. The Hall–Kier alpha value is -4.27. The number of carbonyl (C=O) groups excluding carboxylic acids is 2. The van der Waals surface area contributed by atoms with Crippen LogP contribution < -0.4 is 16.2 Å². The van der Waals surface area contributed by atoms with Gasteiger partial charge in [0.15, 0.2) is 0 Å². The van der Waals surface area contributed by atoms with Gasteiger partial charge in [0.25, 0.3) is 17.4 Å². The van der Waals surface area contributed by atoms with Gasteiger partial charge in [-0.15, -0.1) is 0 Å². The first-order valence-corrected chi connectivity index (χ1v) is 12.6. The Morgan fingerprint density at radius 2 is 1.59 bits per heavy atom. The van der Waals surface area contributed by atoms with Crippen LogP contribution in [0.25, 0.3) is 16.6 Å². The number of carbonyl (C=O) groups is 2. The third-order valence-corrected chi connectivity index (χ3v) is 7.27. The molecule has 0 saturated carbocycles. The van der Waals surface area contributed by atoms with Gasteiger partial charge in [-0.1, -0.05) is 48.0 Å². The molecule has 2 heterocycles. The van der Waals surface area contributed by atoms with E-state index in [1.807, 2.05) is 30.3 Å². The van der Waals surface area contributed by atoms with Crippen LogP contribution in [0, 0.1) is 0 Å². The standard InChI is InChI=1S/C30H23ClN4O3.H2S/c31-24-17-32-25-16-20(10-13-23(24)25)30(38)34-28-22-6-2-1-5-19(22)15-26(28)33-29(37)18-8-11-21(12-9-18)35-14-4-3-7-27(35)36;/h1-14,16-17,26,28,32H,15H2,(H,33,37)(H,34,38);1H2/t26-,28+;/m0./s1. The number of aromatic amines is 1. The maximum absolute atomic E-state index is 13.3. The molecule has 2 aromatic heterocycles. The van der Waals surface area contributed by atoms with Crippen molar-refractivity contribution >= 4 is 47.8 Å². The molecule has 1 aliphatic rings. The average Bonchev–Trinajstić information content (AvgIpc) is 3.48. The van der Waals surface area contributed by atoms with Crippen LogP contribution in [0.3, 0.4) is 0 Å². The van der Waals surface area contributed by atoms with Crippen LogP contribution in [0.4, 0.5) is 0 Å². The maximum atomic E-state index is 13.3. The summed E-state index contributed by atoms with van der Waals surface area (Å²) in [5.41, 5.74) is 4.32. The predicted octanol–water partition coefficient (Wildman–Crippen LogP) is 4.91. The van der Waals surface area contributed by atoms with E-state index < -0.39 is 6.04 Å². The van der Waals surface area contributed by atoms with E-state index in [1.54, 1.807) is 60.9 Å². The van der Waals surface area contributed by atoms with Crippen LogP contribution in [-0.4, -0.2) is 27.4 Å². The summed E-state index contributed by atoms with van der Waals surface area (Å²) in [6.07, 6.45) is 3.97. The summed E-state index contributed by atoms with van der Waals surface area (Å²) in [5, 5.41) is 7.68. The highest BCUT2D eigenvalue weighted by molar-refractivity contribution is 7.59. The first kappa shape index (κ1) is 26.3. The number of H-pyrrole nitrogens is 1. The zero-order valence-electron chi connectivity index (χ0n) is 20.6. The molecule has 7 nitrogen and oxygen atoms in total. The van der Waals surface area contributed by atoms with Gasteiger partial charge in [0.2, 0.25) is 0 Å². The van der Waals surface area contributed by atoms with E-state index in [1.165, 1.54) is 10.6 Å². The topological polar surface area (TPSA) is 96.0 Å². The number of hydrogen-bond donors (Lipinski definition) is 3. The van der Waals surface area contributed by atoms with Crippen molar-refractivity contribution in [3.8, 4) is 5.69 Å². The largest absolute Gasteiger partial charge is 0.360 e. The molecule has 0 saturated heterocycles. The number of hydrogen-bond acceptors (Lipinski definition) is 3. The van der Waals surface area contributed by atoms with E-state index in [-0.39, 0.29) is 36.9 Å². The summed E-state index contributed by atoms with van der Waals surface area (Å²) >= 11 is 6.18. The lowest BCUT2D eigenvalue weighted by Gasteiger charge is -2.23. The Bertz CT molecular complexity index is 1750. The van der Waals surface area contributed by atoms with E-state index in [4.69, 9.17) is 11.6 Å². The van der Waals surface area contributed by atoms with Crippen LogP contribution in [0.2, 0.25) is 5.02 Å². The molecule has 3 aromatic carbocycles. The molecule has 1 aliphatic carbocycles. The molecular weight excluding hydrogens is 532 g/mol. The average molecular weight is 557 g/mol. The molecule has 0 unspecified atom stereocenters. The first-order valence-electron chi connectivity index (χ1n) is 12.2. The number of nitrogens with zero attached hydrogens (tertiary/aromatic N) is 1. The van der Waals surface area contributed by atoms with Crippen LogP contribution in [0.15, 0.2) is 102 Å². The van der Waals surface area contributed by atoms with Crippen LogP contribution in [0.1, 0.15) is 37.9 Å². The molecule has 5 aromatic rings. The Kier molecular flexibility index (Phi) is 7.32. The van der Waals surface area contributed by atoms with Crippen molar-refractivity contribution in [3.05, 3.63) is 135 Å². The number of pyridine rings is 1. The number of fused-ring (bicyclic) bond motifs is 2. The minimum absolute atomic E-state index is 0. The van der Waals surface area contributed by atoms with Gasteiger partial charge in [-0.3, -0.25) is 19.0 Å². The summed E-state index contributed by atoms with van der Waals surface area (Å²) < 4.78 is 1.51. The highest BCUT2D eigenvalue weighted by Crippen LogP contribution is 2.32. The zero-order valence-corrected chi connectivity index (χ0v) is 22.4. The highest BCUT2D eigenvalue weighted by atomic mass is 35.5. The van der Waals surface area contributed by atoms with Crippen molar-refractivity contribution < 1.29 is 9.59 Å². The van der Waals surface area contributed by atoms with Gasteiger partial charge in [-0.2, -0.15) is 13.5 Å². The third-order valence-electron chi connectivity index (χ3n) is 6.96. The van der Waals surface area contributed by atoms with Crippen LogP contribution in [-0.2, 0) is 6.42 Å². The SMILES string of the molecule is O=C(N[C@H]1Cc2ccccc2[C@H]1NC(=O)c1ccc2c(Cl)c[nH]c2c1)c1ccc(-n2ccccc2=O)cc1.S. The van der Waals surface area contributed by atoms with Crippen LogP contribution >= 0.6 is 25.1 Å². The number of aromatic nitrogens is 2. The number of amides is 2. The van der Waals surface area contributed by atoms with Crippen molar-refractivity contribution in [2.24, 2.45) is 0 Å². The fourth-order valence-electron chi connectivity index (χ4n) is 5.03. The van der Waals surface area contributed by atoms with Crippen molar-refractivity contribution in [2.45, 2.75) is 18.5 Å². The summed E-state index contributed by atoms with van der Waals surface area (Å²) in [6.45, 7) is 0. The van der Waals surface area contributed by atoms with Crippen molar-refractivity contribution in [1.82, 2.24) is 20.2 Å². The molecule has 6 rings (SSSR count). The number of benzene rings is 3. The monoisotopic (exact) mass is 556 g/mol. The van der Waals surface area contributed by atoms with Crippen molar-refractivity contribution in [2.75, 3.05) is 0 Å². The fraction of sp³-hybridized carbons (Fsp3) is 0.100. The summed E-state index contributed by atoms with van der Waals surface area (Å²) in [6, 6.07) is 24.3.